The fourth-order valence-electron chi connectivity index (χ4n) is 2.80. The van der Waals surface area contributed by atoms with Gasteiger partial charge in [-0.1, -0.05) is 12.1 Å². The van der Waals surface area contributed by atoms with Gasteiger partial charge in [-0.2, -0.15) is 0 Å². The van der Waals surface area contributed by atoms with Gasteiger partial charge in [-0.25, -0.2) is 9.50 Å². The van der Waals surface area contributed by atoms with Crippen molar-refractivity contribution in [2.24, 2.45) is 0 Å². The van der Waals surface area contributed by atoms with Crippen LogP contribution in [0.4, 0.5) is 5.82 Å². The van der Waals surface area contributed by atoms with E-state index < -0.39 is 0 Å². The van der Waals surface area contributed by atoms with Crippen molar-refractivity contribution < 1.29 is 9.47 Å². The lowest BCUT2D eigenvalue weighted by Gasteiger charge is -2.07. The fourth-order valence-corrected chi connectivity index (χ4v) is 3.52. The van der Waals surface area contributed by atoms with Crippen LogP contribution in [0.3, 0.4) is 0 Å². The molecule has 0 aliphatic carbocycles. The van der Waals surface area contributed by atoms with Crippen molar-refractivity contribution in [2.75, 3.05) is 12.1 Å². The summed E-state index contributed by atoms with van der Waals surface area (Å²) < 4.78 is 12.6. The van der Waals surface area contributed by atoms with Crippen molar-refractivity contribution in [1.82, 2.24) is 14.6 Å². The number of aromatic nitrogens is 3. The lowest BCUT2D eigenvalue weighted by Crippen LogP contribution is -2.04. The van der Waals surface area contributed by atoms with Crippen molar-refractivity contribution in [3.63, 3.8) is 0 Å². The monoisotopic (exact) mass is 350 g/mol. The van der Waals surface area contributed by atoms with Gasteiger partial charge in [0.05, 0.1) is 11.1 Å². The van der Waals surface area contributed by atoms with E-state index in [9.17, 15) is 0 Å². The van der Waals surface area contributed by atoms with Gasteiger partial charge < -0.3 is 14.8 Å². The second-order valence-electron chi connectivity index (χ2n) is 5.65. The van der Waals surface area contributed by atoms with Crippen LogP contribution in [0.1, 0.15) is 5.56 Å². The maximum atomic E-state index is 5.42. The Morgan fingerprint density at radius 1 is 1.12 bits per heavy atom. The summed E-state index contributed by atoms with van der Waals surface area (Å²) in [5.41, 5.74) is 2.93. The molecular weight excluding hydrogens is 336 g/mol. The fraction of sp³-hybridized carbons (Fsp3) is 0.111. The first-order valence-corrected chi connectivity index (χ1v) is 8.76. The maximum Gasteiger partial charge on any atom is 0.231 e. The van der Waals surface area contributed by atoms with E-state index in [1.807, 2.05) is 47.1 Å². The molecule has 0 bridgehead atoms. The quantitative estimate of drug-likeness (QED) is 0.607. The number of imidazole rings is 1. The molecule has 0 fully saturated rings. The van der Waals surface area contributed by atoms with E-state index in [1.165, 1.54) is 0 Å². The first-order chi connectivity index (χ1) is 12.4. The summed E-state index contributed by atoms with van der Waals surface area (Å²) in [6, 6.07) is 13.9. The molecule has 6 nitrogen and oxygen atoms in total. The van der Waals surface area contributed by atoms with Crippen LogP contribution in [0.15, 0.2) is 54.0 Å². The van der Waals surface area contributed by atoms with Crippen molar-refractivity contribution >= 4 is 22.8 Å². The number of nitrogens with one attached hydrogen (secondary N) is 1. The molecule has 0 radical (unpaired) electrons. The van der Waals surface area contributed by atoms with Crippen molar-refractivity contribution in [3.8, 4) is 22.1 Å². The Morgan fingerprint density at radius 2 is 2.08 bits per heavy atom. The van der Waals surface area contributed by atoms with Crippen LogP contribution in [0.2, 0.25) is 0 Å². The van der Waals surface area contributed by atoms with E-state index in [-0.39, 0.29) is 6.79 Å². The number of ether oxygens (including phenoxy) is 2. The van der Waals surface area contributed by atoms with Gasteiger partial charge in [-0.15, -0.1) is 16.4 Å². The number of benzene rings is 1. The molecule has 1 aromatic carbocycles. The van der Waals surface area contributed by atoms with Crippen molar-refractivity contribution in [1.29, 1.82) is 0 Å². The summed E-state index contributed by atoms with van der Waals surface area (Å²) in [6.45, 7) is 0.939. The number of fused-ring (bicyclic) bond motifs is 2. The minimum absolute atomic E-state index is 0.288. The Morgan fingerprint density at radius 3 is 3.00 bits per heavy atom. The Labute approximate surface area is 147 Å². The second-order valence-corrected chi connectivity index (χ2v) is 6.60. The second kappa shape index (κ2) is 5.78. The van der Waals surface area contributed by atoms with Gasteiger partial charge in [-0.3, -0.25) is 0 Å². The maximum absolute atomic E-state index is 5.42. The first-order valence-electron chi connectivity index (χ1n) is 7.88. The number of hydrogen-bond donors (Lipinski definition) is 1. The third-order valence-corrected chi connectivity index (χ3v) is 4.94. The Kier molecular flexibility index (Phi) is 3.31. The van der Waals surface area contributed by atoms with E-state index in [0.717, 1.165) is 39.1 Å². The first kappa shape index (κ1) is 14.3. The zero-order chi connectivity index (χ0) is 16.6. The largest absolute Gasteiger partial charge is 0.454 e. The highest BCUT2D eigenvalue weighted by Crippen LogP contribution is 2.32. The third-order valence-electron chi connectivity index (χ3n) is 4.05. The van der Waals surface area contributed by atoms with Gasteiger partial charge >= 0.3 is 0 Å². The van der Waals surface area contributed by atoms with E-state index in [2.05, 4.69) is 26.8 Å². The van der Waals surface area contributed by atoms with Gasteiger partial charge in [0, 0.05) is 6.54 Å². The molecule has 0 unspecified atom stereocenters. The number of rotatable bonds is 4. The van der Waals surface area contributed by atoms with Crippen LogP contribution in [-0.2, 0) is 6.54 Å². The molecule has 25 heavy (non-hydrogen) atoms. The third kappa shape index (κ3) is 2.58. The molecule has 0 amide bonds. The van der Waals surface area contributed by atoms with E-state index in [0.29, 0.717) is 6.54 Å². The molecule has 4 heterocycles. The zero-order valence-electron chi connectivity index (χ0n) is 13.2. The molecule has 0 saturated carbocycles. The molecule has 0 spiro atoms. The molecule has 3 aromatic heterocycles. The van der Waals surface area contributed by atoms with E-state index >= 15 is 0 Å². The van der Waals surface area contributed by atoms with E-state index in [4.69, 9.17) is 9.47 Å². The topological polar surface area (TPSA) is 60.7 Å². The molecule has 0 atom stereocenters. The van der Waals surface area contributed by atoms with E-state index in [1.54, 1.807) is 11.3 Å². The molecule has 1 aliphatic rings. The average molecular weight is 350 g/mol. The molecular formula is C18H14N4O2S. The van der Waals surface area contributed by atoms with Crippen molar-refractivity contribution in [3.05, 3.63) is 59.6 Å². The van der Waals surface area contributed by atoms with Crippen LogP contribution in [0, 0.1) is 0 Å². The highest BCUT2D eigenvalue weighted by molar-refractivity contribution is 7.13. The minimum Gasteiger partial charge on any atom is -0.454 e. The number of anilines is 1. The van der Waals surface area contributed by atoms with Gasteiger partial charge in [0.1, 0.15) is 11.5 Å². The summed E-state index contributed by atoms with van der Waals surface area (Å²) in [5, 5.41) is 10.1. The highest BCUT2D eigenvalue weighted by Gasteiger charge is 2.13. The molecule has 1 N–H and O–H groups in total. The number of nitrogens with zero attached hydrogens (tertiary/aromatic N) is 3. The minimum atomic E-state index is 0.288. The van der Waals surface area contributed by atoms with Crippen LogP contribution >= 0.6 is 11.3 Å². The highest BCUT2D eigenvalue weighted by atomic mass is 32.1. The lowest BCUT2D eigenvalue weighted by molar-refractivity contribution is 0.174. The molecule has 5 rings (SSSR count). The van der Waals surface area contributed by atoms with Gasteiger partial charge in [0.25, 0.3) is 0 Å². The molecule has 0 saturated heterocycles. The average Bonchev–Trinajstić information content (AvgIpc) is 3.38. The van der Waals surface area contributed by atoms with Gasteiger partial charge in [0.15, 0.2) is 17.1 Å². The molecule has 7 heteroatoms. The molecule has 4 aromatic rings. The summed E-state index contributed by atoms with van der Waals surface area (Å²) in [7, 11) is 0. The Balaban J connectivity index is 1.40. The smallest absolute Gasteiger partial charge is 0.231 e. The van der Waals surface area contributed by atoms with Crippen LogP contribution < -0.4 is 14.8 Å². The predicted octanol–water partition coefficient (Wildman–Crippen LogP) is 3.80. The van der Waals surface area contributed by atoms with Gasteiger partial charge in [0.2, 0.25) is 6.79 Å². The zero-order valence-corrected chi connectivity index (χ0v) is 14.0. The summed E-state index contributed by atoms with van der Waals surface area (Å²) in [5.74, 6) is 2.38. The van der Waals surface area contributed by atoms with Crippen molar-refractivity contribution in [2.45, 2.75) is 6.54 Å². The lowest BCUT2D eigenvalue weighted by atomic mass is 10.2. The van der Waals surface area contributed by atoms with Crippen LogP contribution in [0.25, 0.3) is 16.2 Å². The molecule has 124 valence electrons. The standard InChI is InChI=1S/C18H14N4O2S/c1-2-16(25-7-1)13-10-20-18-6-5-17(21-22(13)18)19-9-12-3-4-14-15(8-12)24-11-23-14/h1-8,10H,9,11H2,(H,19,21). The van der Waals surface area contributed by atoms with Gasteiger partial charge in [-0.05, 0) is 41.3 Å². The molecule has 1 aliphatic heterocycles. The normalized spacial score (nSPS) is 12.6. The number of hydrogen-bond acceptors (Lipinski definition) is 6. The van der Waals surface area contributed by atoms with Crippen LogP contribution in [0.5, 0.6) is 11.5 Å². The Bertz CT molecular complexity index is 1040. The SMILES string of the molecule is c1csc(-c2cnc3ccc(NCc4ccc5c(c4)OCO5)nn23)c1. The summed E-state index contributed by atoms with van der Waals surface area (Å²) >= 11 is 1.68. The Hall–Kier alpha value is -3.06. The number of thiophene rings is 1. The summed E-state index contributed by atoms with van der Waals surface area (Å²) in [4.78, 5) is 5.57. The van der Waals surface area contributed by atoms with Crippen LogP contribution in [-0.4, -0.2) is 21.4 Å². The summed E-state index contributed by atoms with van der Waals surface area (Å²) in [6.07, 6.45) is 1.86. The predicted molar refractivity (Wildman–Crippen MR) is 96.2 cm³/mol.